The van der Waals surface area contributed by atoms with E-state index >= 15 is 0 Å². The van der Waals surface area contributed by atoms with Gasteiger partial charge in [-0.3, -0.25) is 14.9 Å². The number of hydrogen-bond donors (Lipinski definition) is 0. The van der Waals surface area contributed by atoms with E-state index < -0.39 is 4.92 Å². The van der Waals surface area contributed by atoms with Crippen molar-refractivity contribution >= 4 is 17.2 Å². The van der Waals surface area contributed by atoms with Crippen molar-refractivity contribution in [2.24, 2.45) is 0 Å². The van der Waals surface area contributed by atoms with Crippen LogP contribution in [0.5, 0.6) is 0 Å². The van der Waals surface area contributed by atoms with Crippen LogP contribution in [0.25, 0.3) is 5.57 Å². The molecule has 0 spiro atoms. The van der Waals surface area contributed by atoms with Gasteiger partial charge < -0.3 is 14.5 Å². The van der Waals surface area contributed by atoms with Crippen LogP contribution >= 0.6 is 0 Å². The van der Waals surface area contributed by atoms with Gasteiger partial charge in [0.15, 0.2) is 0 Å². The van der Waals surface area contributed by atoms with Crippen molar-refractivity contribution < 1.29 is 14.5 Å². The molecule has 3 rings (SSSR count). The molecule has 2 heterocycles. The Morgan fingerprint density at radius 2 is 2.00 bits per heavy atom. The van der Waals surface area contributed by atoms with Crippen molar-refractivity contribution in [3.05, 3.63) is 45.5 Å². The zero-order chi connectivity index (χ0) is 17.1. The number of carbonyl (C=O) groups is 1. The molecule has 7 nitrogen and oxygen atoms in total. The predicted octanol–water partition coefficient (Wildman–Crippen LogP) is 1.79. The molecule has 2 aliphatic heterocycles. The molecule has 1 saturated heterocycles. The minimum Gasteiger partial charge on any atom is -0.378 e. The molecule has 1 aromatic rings. The Labute approximate surface area is 140 Å². The second-order valence-corrected chi connectivity index (χ2v) is 6.13. The third-order valence-corrected chi connectivity index (χ3v) is 4.50. The molecule has 0 saturated carbocycles. The maximum Gasteiger partial charge on any atom is 0.270 e. The smallest absolute Gasteiger partial charge is 0.270 e. The van der Waals surface area contributed by atoms with E-state index in [0.717, 1.165) is 25.1 Å². The van der Waals surface area contributed by atoms with Crippen molar-refractivity contribution in [2.75, 3.05) is 46.4 Å². The summed E-state index contributed by atoms with van der Waals surface area (Å²) in [7, 11) is 2.03. The summed E-state index contributed by atoms with van der Waals surface area (Å²) in [5, 5.41) is 11.1. The number of hydrogen-bond acceptors (Lipinski definition) is 5. The summed E-state index contributed by atoms with van der Waals surface area (Å²) < 4.78 is 5.29. The van der Waals surface area contributed by atoms with Crippen LogP contribution in [0.3, 0.4) is 0 Å². The number of benzene rings is 1. The standard InChI is InChI=1S/C17H21N3O4/c1-18-6-4-13(5-7-18)16-12-14(20(22)23)2-3-15(16)17(21)19-8-10-24-11-9-19/h2-4,12H,5-11H2,1H3. The van der Waals surface area contributed by atoms with Crippen molar-refractivity contribution in [3.8, 4) is 0 Å². The summed E-state index contributed by atoms with van der Waals surface area (Å²) in [5.74, 6) is -0.0805. The fourth-order valence-electron chi connectivity index (χ4n) is 3.05. The van der Waals surface area contributed by atoms with Gasteiger partial charge in [-0.05, 0) is 30.7 Å². The highest BCUT2D eigenvalue weighted by molar-refractivity contribution is 5.99. The lowest BCUT2D eigenvalue weighted by Crippen LogP contribution is -2.41. The Morgan fingerprint density at radius 3 is 2.62 bits per heavy atom. The quantitative estimate of drug-likeness (QED) is 0.623. The van der Waals surface area contributed by atoms with Gasteiger partial charge >= 0.3 is 0 Å². The third-order valence-electron chi connectivity index (χ3n) is 4.50. The van der Waals surface area contributed by atoms with Gasteiger partial charge in [0.25, 0.3) is 11.6 Å². The molecule has 1 amide bonds. The molecule has 1 aromatic carbocycles. The maximum absolute atomic E-state index is 12.9. The van der Waals surface area contributed by atoms with Gasteiger partial charge in [0.1, 0.15) is 0 Å². The molecule has 0 unspecified atom stereocenters. The summed E-state index contributed by atoms with van der Waals surface area (Å²) in [4.78, 5) is 27.5. The van der Waals surface area contributed by atoms with Crippen molar-refractivity contribution in [1.29, 1.82) is 0 Å². The van der Waals surface area contributed by atoms with Gasteiger partial charge in [0.05, 0.1) is 18.1 Å². The Hall–Kier alpha value is -2.25. The normalized spacial score (nSPS) is 19.0. The van der Waals surface area contributed by atoms with Crippen LogP contribution in [0.15, 0.2) is 24.3 Å². The predicted molar refractivity (Wildman–Crippen MR) is 89.9 cm³/mol. The highest BCUT2D eigenvalue weighted by Crippen LogP contribution is 2.29. The van der Waals surface area contributed by atoms with E-state index in [9.17, 15) is 14.9 Å². The molecule has 0 N–H and O–H groups in total. The topological polar surface area (TPSA) is 75.9 Å². The lowest BCUT2D eigenvalue weighted by molar-refractivity contribution is -0.384. The van der Waals surface area contributed by atoms with E-state index in [-0.39, 0.29) is 11.6 Å². The molecule has 0 bridgehead atoms. The van der Waals surface area contributed by atoms with Gasteiger partial charge in [-0.2, -0.15) is 0 Å². The molecule has 1 fully saturated rings. The maximum atomic E-state index is 12.9. The zero-order valence-corrected chi connectivity index (χ0v) is 13.7. The van der Waals surface area contributed by atoms with Crippen LogP contribution in [-0.2, 0) is 4.74 Å². The highest BCUT2D eigenvalue weighted by atomic mass is 16.6. The number of morpholine rings is 1. The Bertz CT molecular complexity index is 680. The van der Waals surface area contributed by atoms with E-state index in [1.54, 1.807) is 11.0 Å². The molecule has 128 valence electrons. The Morgan fingerprint density at radius 1 is 1.25 bits per heavy atom. The molecule has 24 heavy (non-hydrogen) atoms. The van der Waals surface area contributed by atoms with Gasteiger partial charge in [-0.25, -0.2) is 0 Å². The summed E-state index contributed by atoms with van der Waals surface area (Å²) in [5.41, 5.74) is 2.25. The van der Waals surface area contributed by atoms with Gasteiger partial charge in [-0.15, -0.1) is 0 Å². The molecular formula is C17H21N3O4. The van der Waals surface area contributed by atoms with Crippen LogP contribution in [0.2, 0.25) is 0 Å². The Balaban J connectivity index is 1.98. The van der Waals surface area contributed by atoms with Crippen molar-refractivity contribution in [3.63, 3.8) is 0 Å². The van der Waals surface area contributed by atoms with E-state index in [0.29, 0.717) is 37.4 Å². The first-order chi connectivity index (χ1) is 11.6. The third kappa shape index (κ3) is 3.47. The summed E-state index contributed by atoms with van der Waals surface area (Å²) >= 11 is 0. The summed E-state index contributed by atoms with van der Waals surface area (Å²) in [6.07, 6.45) is 2.83. The van der Waals surface area contributed by atoms with Gasteiger partial charge in [0.2, 0.25) is 0 Å². The molecule has 0 aliphatic carbocycles. The fraction of sp³-hybridized carbons (Fsp3) is 0.471. The largest absolute Gasteiger partial charge is 0.378 e. The number of ether oxygens (including phenoxy) is 1. The lowest BCUT2D eigenvalue weighted by atomic mass is 9.93. The average molecular weight is 331 g/mol. The summed E-state index contributed by atoms with van der Waals surface area (Å²) in [6.45, 7) is 3.82. The molecule has 0 atom stereocenters. The molecule has 0 aromatic heterocycles. The SMILES string of the molecule is CN1CC=C(c2cc([N+](=O)[O-])ccc2C(=O)N2CCOCC2)CC1. The van der Waals surface area contributed by atoms with Crippen LogP contribution in [0.4, 0.5) is 5.69 Å². The van der Waals surface area contributed by atoms with Crippen LogP contribution in [-0.4, -0.2) is 67.1 Å². The minimum absolute atomic E-state index is 0.0170. The molecule has 2 aliphatic rings. The van der Waals surface area contributed by atoms with Gasteiger partial charge in [-0.1, -0.05) is 6.08 Å². The molecule has 7 heteroatoms. The second-order valence-electron chi connectivity index (χ2n) is 6.13. The highest BCUT2D eigenvalue weighted by Gasteiger charge is 2.25. The van der Waals surface area contributed by atoms with E-state index in [1.165, 1.54) is 12.1 Å². The van der Waals surface area contributed by atoms with Gasteiger partial charge in [0, 0.05) is 43.9 Å². The van der Waals surface area contributed by atoms with Crippen LogP contribution in [0.1, 0.15) is 22.3 Å². The molecule has 0 radical (unpaired) electrons. The lowest BCUT2D eigenvalue weighted by Gasteiger charge is -2.28. The fourth-order valence-corrected chi connectivity index (χ4v) is 3.05. The number of carbonyl (C=O) groups excluding carboxylic acids is 1. The number of nitro groups is 1. The monoisotopic (exact) mass is 331 g/mol. The van der Waals surface area contributed by atoms with Crippen LogP contribution < -0.4 is 0 Å². The van der Waals surface area contributed by atoms with E-state index in [1.807, 2.05) is 7.05 Å². The Kier molecular flexibility index (Phi) is 4.92. The van der Waals surface area contributed by atoms with Crippen molar-refractivity contribution in [1.82, 2.24) is 9.80 Å². The van der Waals surface area contributed by atoms with E-state index in [2.05, 4.69) is 11.0 Å². The number of rotatable bonds is 3. The minimum atomic E-state index is -0.415. The van der Waals surface area contributed by atoms with Crippen LogP contribution in [0, 0.1) is 10.1 Å². The number of non-ortho nitro benzene ring substituents is 1. The number of likely N-dealkylation sites (N-methyl/N-ethyl adjacent to an activating group) is 1. The number of amides is 1. The summed E-state index contributed by atoms with van der Waals surface area (Å²) in [6, 6.07) is 4.53. The number of nitro benzene ring substituents is 1. The zero-order valence-electron chi connectivity index (χ0n) is 13.7. The van der Waals surface area contributed by atoms with Crippen molar-refractivity contribution in [2.45, 2.75) is 6.42 Å². The van der Waals surface area contributed by atoms with E-state index in [4.69, 9.17) is 4.74 Å². The first-order valence-corrected chi connectivity index (χ1v) is 8.09. The average Bonchev–Trinajstić information content (AvgIpc) is 2.62. The molecular weight excluding hydrogens is 310 g/mol. The first-order valence-electron chi connectivity index (χ1n) is 8.09. The second kappa shape index (κ2) is 7.11. The first kappa shape index (κ1) is 16.6. The number of nitrogens with zero attached hydrogens (tertiary/aromatic N) is 3.